The third-order valence-corrected chi connectivity index (χ3v) is 2.73. The van der Waals surface area contributed by atoms with Gasteiger partial charge in [-0.2, -0.15) is 5.10 Å². The number of nitrogens with zero attached hydrogens (tertiary/aromatic N) is 2. The van der Waals surface area contributed by atoms with Gasteiger partial charge in [0, 0.05) is 5.92 Å². The topological polar surface area (TPSA) is 46.8 Å². The summed E-state index contributed by atoms with van der Waals surface area (Å²) >= 11 is 5.20. The van der Waals surface area contributed by atoms with Crippen molar-refractivity contribution in [3.63, 3.8) is 0 Å². The molecule has 0 unspecified atom stereocenters. The van der Waals surface area contributed by atoms with E-state index in [0.717, 1.165) is 17.3 Å². The maximum atomic E-state index is 5.54. The molecule has 0 spiro atoms. The third kappa shape index (κ3) is 2.09. The van der Waals surface area contributed by atoms with Gasteiger partial charge in [0.1, 0.15) is 17.3 Å². The van der Waals surface area contributed by atoms with Crippen LogP contribution in [0.1, 0.15) is 37.1 Å². The van der Waals surface area contributed by atoms with Crippen LogP contribution in [0.5, 0.6) is 0 Å². The first kappa shape index (κ1) is 11.1. The second-order valence-electron chi connectivity index (χ2n) is 4.14. The van der Waals surface area contributed by atoms with Gasteiger partial charge in [-0.25, -0.2) is 0 Å². The van der Waals surface area contributed by atoms with Gasteiger partial charge in [-0.3, -0.25) is 9.67 Å². The fourth-order valence-electron chi connectivity index (χ4n) is 1.65. The molecule has 0 bridgehead atoms. The summed E-state index contributed by atoms with van der Waals surface area (Å²) in [6.45, 7) is 6.75. The summed E-state index contributed by atoms with van der Waals surface area (Å²) < 4.78 is 8.15. The van der Waals surface area contributed by atoms with Crippen molar-refractivity contribution < 1.29 is 4.42 Å². The predicted molar refractivity (Wildman–Crippen MR) is 64.0 cm³/mol. The molecule has 4 nitrogen and oxygen atoms in total. The van der Waals surface area contributed by atoms with Gasteiger partial charge in [0.25, 0.3) is 0 Å². The van der Waals surface area contributed by atoms with Crippen LogP contribution in [0.2, 0.25) is 0 Å². The monoisotopic (exact) mass is 237 g/mol. The lowest BCUT2D eigenvalue weighted by Gasteiger charge is -2.07. The van der Waals surface area contributed by atoms with Crippen LogP contribution < -0.4 is 0 Å². The van der Waals surface area contributed by atoms with Crippen molar-refractivity contribution in [2.24, 2.45) is 0 Å². The first-order valence-corrected chi connectivity index (χ1v) is 5.69. The van der Waals surface area contributed by atoms with Crippen molar-refractivity contribution in [3.05, 3.63) is 34.2 Å². The van der Waals surface area contributed by atoms with Gasteiger partial charge in [0.2, 0.25) is 0 Å². The smallest absolute Gasteiger partial charge is 0.195 e. The van der Waals surface area contributed by atoms with E-state index in [2.05, 4.69) is 24.0 Å². The molecule has 2 rings (SSSR count). The van der Waals surface area contributed by atoms with E-state index >= 15 is 0 Å². The second-order valence-corrected chi connectivity index (χ2v) is 4.53. The van der Waals surface area contributed by atoms with Crippen LogP contribution >= 0.6 is 12.2 Å². The fourth-order valence-corrected chi connectivity index (χ4v) is 1.85. The summed E-state index contributed by atoms with van der Waals surface area (Å²) in [6, 6.07) is 3.92. The molecule has 0 saturated carbocycles. The normalized spacial score (nSPS) is 11.2. The Morgan fingerprint density at radius 2 is 2.25 bits per heavy atom. The molecular weight excluding hydrogens is 222 g/mol. The molecule has 2 aromatic heterocycles. The maximum absolute atomic E-state index is 5.54. The molecule has 2 heterocycles. The number of hydrogen-bond acceptors (Lipinski definition) is 3. The number of nitrogens with one attached hydrogen (secondary N) is 1. The van der Waals surface area contributed by atoms with Crippen LogP contribution in [0.15, 0.2) is 16.5 Å². The summed E-state index contributed by atoms with van der Waals surface area (Å²) in [5, 5.41) is 7.04. The second kappa shape index (κ2) is 4.25. The Balaban J connectivity index is 2.33. The van der Waals surface area contributed by atoms with Crippen LogP contribution in [0.25, 0.3) is 0 Å². The Bertz CT molecular complexity index is 535. The molecule has 0 amide bonds. The molecule has 0 aliphatic heterocycles. The minimum Gasteiger partial charge on any atom is -0.464 e. The molecule has 0 aliphatic rings. The molecule has 0 radical (unpaired) electrons. The summed E-state index contributed by atoms with van der Waals surface area (Å²) in [5.74, 6) is 3.11. The Kier molecular flexibility index (Phi) is 2.96. The van der Waals surface area contributed by atoms with E-state index in [1.807, 2.05) is 23.6 Å². The quantitative estimate of drug-likeness (QED) is 0.835. The highest BCUT2D eigenvalue weighted by Gasteiger charge is 2.11. The van der Waals surface area contributed by atoms with Crippen molar-refractivity contribution in [1.29, 1.82) is 0 Å². The Morgan fingerprint density at radius 1 is 1.50 bits per heavy atom. The van der Waals surface area contributed by atoms with Gasteiger partial charge in [0.15, 0.2) is 4.77 Å². The lowest BCUT2D eigenvalue weighted by atomic mass is 10.2. The molecule has 0 aliphatic carbocycles. The van der Waals surface area contributed by atoms with Gasteiger partial charge < -0.3 is 4.42 Å². The van der Waals surface area contributed by atoms with Gasteiger partial charge in [-0.15, -0.1) is 0 Å². The van der Waals surface area contributed by atoms with Crippen molar-refractivity contribution in [2.75, 3.05) is 0 Å². The fraction of sp³-hybridized carbons (Fsp3) is 0.455. The Labute approximate surface area is 99.3 Å². The van der Waals surface area contributed by atoms with E-state index in [1.54, 1.807) is 0 Å². The number of aryl methyl sites for hydroxylation is 1. The first-order chi connectivity index (χ1) is 7.58. The van der Waals surface area contributed by atoms with Gasteiger partial charge in [-0.1, -0.05) is 13.8 Å². The van der Waals surface area contributed by atoms with E-state index in [0.29, 0.717) is 17.2 Å². The van der Waals surface area contributed by atoms with Crippen molar-refractivity contribution >= 4 is 12.2 Å². The van der Waals surface area contributed by atoms with Crippen LogP contribution in [-0.2, 0) is 6.54 Å². The lowest BCUT2D eigenvalue weighted by Crippen LogP contribution is -2.06. The van der Waals surface area contributed by atoms with Crippen LogP contribution in [0.4, 0.5) is 0 Å². The SMILES string of the molecule is Cc1ccc(Cn2c(C(C)C)n[nH]c2=S)o1. The zero-order valence-electron chi connectivity index (χ0n) is 9.65. The maximum Gasteiger partial charge on any atom is 0.195 e. The number of H-pyrrole nitrogens is 1. The Morgan fingerprint density at radius 3 is 2.81 bits per heavy atom. The molecule has 5 heteroatoms. The minimum atomic E-state index is 0.337. The summed E-state index contributed by atoms with van der Waals surface area (Å²) in [6.07, 6.45) is 0. The zero-order valence-corrected chi connectivity index (χ0v) is 10.5. The summed E-state index contributed by atoms with van der Waals surface area (Å²) in [7, 11) is 0. The molecule has 2 aromatic rings. The number of aromatic amines is 1. The van der Waals surface area contributed by atoms with Crippen molar-refractivity contribution in [1.82, 2.24) is 14.8 Å². The predicted octanol–water partition coefficient (Wildman–Crippen LogP) is 3.01. The third-order valence-electron chi connectivity index (χ3n) is 2.41. The van der Waals surface area contributed by atoms with Gasteiger partial charge in [0.05, 0.1) is 6.54 Å². The lowest BCUT2D eigenvalue weighted by molar-refractivity contribution is 0.463. The van der Waals surface area contributed by atoms with E-state index in [9.17, 15) is 0 Å². The summed E-state index contributed by atoms with van der Waals surface area (Å²) in [5.41, 5.74) is 0. The van der Waals surface area contributed by atoms with Gasteiger partial charge >= 0.3 is 0 Å². The number of furan rings is 1. The standard InChI is InChI=1S/C11H15N3OS/c1-7(2)10-12-13-11(16)14(10)6-9-5-4-8(3)15-9/h4-5,7H,6H2,1-3H3,(H,13,16). The highest BCUT2D eigenvalue weighted by atomic mass is 32.1. The Hall–Kier alpha value is -1.36. The van der Waals surface area contributed by atoms with E-state index in [1.165, 1.54) is 0 Å². The average Bonchev–Trinajstić information content (AvgIpc) is 2.76. The van der Waals surface area contributed by atoms with Gasteiger partial charge in [-0.05, 0) is 31.3 Å². The largest absolute Gasteiger partial charge is 0.464 e. The van der Waals surface area contributed by atoms with Crippen LogP contribution in [0.3, 0.4) is 0 Å². The first-order valence-electron chi connectivity index (χ1n) is 5.28. The molecule has 86 valence electrons. The number of aromatic nitrogens is 3. The average molecular weight is 237 g/mol. The van der Waals surface area contributed by atoms with Crippen LogP contribution in [0, 0.1) is 11.7 Å². The molecule has 16 heavy (non-hydrogen) atoms. The zero-order chi connectivity index (χ0) is 11.7. The molecule has 0 atom stereocenters. The van der Waals surface area contributed by atoms with Crippen molar-refractivity contribution in [2.45, 2.75) is 33.2 Å². The number of hydrogen-bond donors (Lipinski definition) is 1. The summed E-state index contributed by atoms with van der Waals surface area (Å²) in [4.78, 5) is 0. The highest BCUT2D eigenvalue weighted by molar-refractivity contribution is 7.71. The highest BCUT2D eigenvalue weighted by Crippen LogP contribution is 2.15. The molecule has 0 fully saturated rings. The molecule has 1 N–H and O–H groups in total. The number of rotatable bonds is 3. The minimum absolute atomic E-state index is 0.337. The van der Waals surface area contributed by atoms with E-state index in [-0.39, 0.29) is 0 Å². The molecular formula is C11H15N3OS. The molecule has 0 aromatic carbocycles. The van der Waals surface area contributed by atoms with Crippen molar-refractivity contribution in [3.8, 4) is 0 Å². The van der Waals surface area contributed by atoms with E-state index < -0.39 is 0 Å². The van der Waals surface area contributed by atoms with Crippen LogP contribution in [-0.4, -0.2) is 14.8 Å². The van der Waals surface area contributed by atoms with E-state index in [4.69, 9.17) is 16.6 Å². The molecule has 0 saturated heterocycles.